The van der Waals surface area contributed by atoms with Crippen LogP contribution in [0.3, 0.4) is 0 Å². The van der Waals surface area contributed by atoms with E-state index in [1.807, 2.05) is 12.4 Å². The summed E-state index contributed by atoms with van der Waals surface area (Å²) in [6.07, 6.45) is 1.77. The first-order valence-electron chi connectivity index (χ1n) is 8.19. The van der Waals surface area contributed by atoms with E-state index in [0.29, 0.717) is 6.61 Å². The number of nitrogens with zero attached hydrogens (tertiary/aromatic N) is 5. The molecule has 0 aliphatic carbocycles. The lowest BCUT2D eigenvalue weighted by molar-refractivity contribution is 0.179. The molecule has 4 N–H and O–H groups in total. The van der Waals surface area contributed by atoms with Gasteiger partial charge in [0.05, 0.1) is 23.9 Å². The van der Waals surface area contributed by atoms with E-state index < -0.39 is 5.82 Å². The van der Waals surface area contributed by atoms with E-state index >= 15 is 0 Å². The predicted molar refractivity (Wildman–Crippen MR) is 101 cm³/mol. The van der Waals surface area contributed by atoms with E-state index in [2.05, 4.69) is 30.9 Å². The number of nitriles is 1. The van der Waals surface area contributed by atoms with Crippen molar-refractivity contribution in [3.63, 3.8) is 0 Å². The molecule has 0 aliphatic rings. The number of guanidine groups is 1. The van der Waals surface area contributed by atoms with Gasteiger partial charge in [0, 0.05) is 13.2 Å². The van der Waals surface area contributed by atoms with Crippen LogP contribution in [-0.2, 0) is 11.3 Å². The Labute approximate surface area is 170 Å². The maximum Gasteiger partial charge on any atom is 0.205 e. The van der Waals surface area contributed by atoms with Crippen molar-refractivity contribution in [3.8, 4) is 6.19 Å². The molecule has 2 rings (SSSR count). The second kappa shape index (κ2) is 10.9. The molecule has 0 radical (unpaired) electrons. The number of methoxy groups -OCH3 is 1. The molecule has 29 heavy (non-hydrogen) atoms. The summed E-state index contributed by atoms with van der Waals surface area (Å²) in [5.74, 6) is -0.531. The number of hydrogen-bond donors (Lipinski definition) is 4. The van der Waals surface area contributed by atoms with Crippen LogP contribution in [0.15, 0.2) is 32.8 Å². The Bertz CT molecular complexity index is 927. The zero-order valence-corrected chi connectivity index (χ0v) is 16.2. The van der Waals surface area contributed by atoms with Crippen LogP contribution in [0.2, 0.25) is 5.02 Å². The van der Waals surface area contributed by atoms with Gasteiger partial charge in [-0.15, -0.1) is 0 Å². The lowest BCUT2D eigenvalue weighted by atomic mass is 10.3. The highest BCUT2D eigenvalue weighted by Crippen LogP contribution is 2.22. The molecule has 0 bridgehead atoms. The molecule has 2 aromatic rings. The highest BCUT2D eigenvalue weighted by atomic mass is 35.5. The molecular weight excluding hydrogens is 407 g/mol. The first-order chi connectivity index (χ1) is 14.0. The standard InChI is InChI=1S/C16H18ClFN8O3/c1-9(7-28-2)22-16(21-8-19)20-6-13-14(26-29-25-13)15(24-27)23-10-3-4-12(18)11(17)5-10/h3-5,9,27H,6-7H2,1-2H3,(H,23,24)(H2,20,21,22). The van der Waals surface area contributed by atoms with E-state index in [1.54, 1.807) is 13.3 Å². The number of aromatic nitrogens is 2. The number of halogens is 2. The van der Waals surface area contributed by atoms with Gasteiger partial charge in [0.2, 0.25) is 5.96 Å². The smallest absolute Gasteiger partial charge is 0.205 e. The highest BCUT2D eigenvalue weighted by Gasteiger charge is 2.17. The van der Waals surface area contributed by atoms with Gasteiger partial charge < -0.3 is 10.1 Å². The second-order valence-corrected chi connectivity index (χ2v) is 6.04. The third kappa shape index (κ3) is 6.39. The summed E-state index contributed by atoms with van der Waals surface area (Å²) in [4.78, 5) is 8.32. The molecule has 1 unspecified atom stereocenters. The zero-order chi connectivity index (χ0) is 21.2. The van der Waals surface area contributed by atoms with Crippen LogP contribution in [-0.4, -0.2) is 47.1 Å². The topological polar surface area (TPSA) is 153 Å². The molecule has 1 atom stereocenters. The van der Waals surface area contributed by atoms with Gasteiger partial charge in [-0.05, 0) is 30.3 Å². The Morgan fingerprint density at radius 1 is 1.48 bits per heavy atom. The van der Waals surface area contributed by atoms with Crippen molar-refractivity contribution >= 4 is 29.1 Å². The van der Waals surface area contributed by atoms with Gasteiger partial charge in [0.1, 0.15) is 11.5 Å². The quantitative estimate of drug-likeness (QED) is 0.170. The number of aliphatic imine (C=N–C) groups is 2. The number of nitrogens with one attached hydrogen (secondary N) is 3. The normalized spacial score (nSPS) is 13.0. The SMILES string of the molecule is COCC(C)NC(=NCc1nonc1C(=Nc1ccc(F)c(Cl)c1)NO)NC#N. The Morgan fingerprint density at radius 2 is 2.28 bits per heavy atom. The van der Waals surface area contributed by atoms with Crippen molar-refractivity contribution < 1.29 is 19.0 Å². The molecule has 13 heteroatoms. The summed E-state index contributed by atoms with van der Waals surface area (Å²) in [6, 6.07) is 3.65. The maximum atomic E-state index is 13.3. The van der Waals surface area contributed by atoms with Crippen LogP contribution in [0.5, 0.6) is 0 Å². The van der Waals surface area contributed by atoms with Gasteiger partial charge in [-0.1, -0.05) is 16.8 Å². The van der Waals surface area contributed by atoms with Crippen molar-refractivity contribution in [1.29, 1.82) is 5.26 Å². The minimum Gasteiger partial charge on any atom is -0.383 e. The third-order valence-electron chi connectivity index (χ3n) is 3.39. The van der Waals surface area contributed by atoms with E-state index in [0.717, 1.165) is 6.07 Å². The summed E-state index contributed by atoms with van der Waals surface area (Å²) >= 11 is 5.73. The van der Waals surface area contributed by atoms with E-state index in [-0.39, 0.29) is 46.5 Å². The van der Waals surface area contributed by atoms with Crippen molar-refractivity contribution in [2.75, 3.05) is 13.7 Å². The zero-order valence-electron chi connectivity index (χ0n) is 15.5. The highest BCUT2D eigenvalue weighted by molar-refractivity contribution is 6.31. The van der Waals surface area contributed by atoms with E-state index in [4.69, 9.17) is 26.2 Å². The fourth-order valence-corrected chi connectivity index (χ4v) is 2.33. The van der Waals surface area contributed by atoms with Crippen LogP contribution in [0.1, 0.15) is 18.3 Å². The summed E-state index contributed by atoms with van der Waals surface area (Å²) in [7, 11) is 1.55. The number of hydrogen-bond acceptors (Lipinski definition) is 8. The first kappa shape index (κ1) is 22.0. The van der Waals surface area contributed by atoms with Gasteiger partial charge in [-0.2, -0.15) is 5.26 Å². The van der Waals surface area contributed by atoms with Gasteiger partial charge in [-0.3, -0.25) is 16.0 Å². The molecule has 154 valence electrons. The minimum absolute atomic E-state index is 0.0551. The van der Waals surface area contributed by atoms with Gasteiger partial charge in [-0.25, -0.2) is 19.0 Å². The van der Waals surface area contributed by atoms with Crippen molar-refractivity contribution in [3.05, 3.63) is 40.4 Å². The average Bonchev–Trinajstić information content (AvgIpc) is 3.15. The Kier molecular flexibility index (Phi) is 8.28. The summed E-state index contributed by atoms with van der Waals surface area (Å²) in [6.45, 7) is 2.18. The molecule has 0 saturated carbocycles. The van der Waals surface area contributed by atoms with Crippen LogP contribution >= 0.6 is 11.6 Å². The molecular formula is C16H18ClFN8O3. The molecule has 1 aromatic heterocycles. The number of hydroxylamine groups is 1. The van der Waals surface area contributed by atoms with Crippen molar-refractivity contribution in [2.45, 2.75) is 19.5 Å². The predicted octanol–water partition coefficient (Wildman–Crippen LogP) is 1.47. The molecule has 0 aliphatic heterocycles. The molecule has 0 saturated heterocycles. The second-order valence-electron chi connectivity index (χ2n) is 5.63. The van der Waals surface area contributed by atoms with Crippen LogP contribution in [0.4, 0.5) is 10.1 Å². The molecule has 0 fully saturated rings. The molecule has 11 nitrogen and oxygen atoms in total. The molecule has 0 spiro atoms. The fraction of sp³-hybridized carbons (Fsp3) is 0.312. The largest absolute Gasteiger partial charge is 0.383 e. The van der Waals surface area contributed by atoms with Crippen LogP contribution in [0.25, 0.3) is 0 Å². The lowest BCUT2D eigenvalue weighted by Gasteiger charge is -2.14. The van der Waals surface area contributed by atoms with Gasteiger partial charge in [0.25, 0.3) is 0 Å². The Balaban J connectivity index is 2.24. The molecule has 1 aromatic carbocycles. The number of amidine groups is 1. The maximum absolute atomic E-state index is 13.3. The third-order valence-corrected chi connectivity index (χ3v) is 3.68. The first-order valence-corrected chi connectivity index (χ1v) is 8.57. The monoisotopic (exact) mass is 424 g/mol. The molecule has 1 heterocycles. The summed E-state index contributed by atoms with van der Waals surface area (Å²) in [5, 5.41) is 31.0. The van der Waals surface area contributed by atoms with E-state index in [1.165, 1.54) is 12.1 Å². The number of benzene rings is 1. The van der Waals surface area contributed by atoms with Crippen LogP contribution in [0, 0.1) is 17.3 Å². The van der Waals surface area contributed by atoms with Gasteiger partial charge >= 0.3 is 0 Å². The number of ether oxygens (including phenoxy) is 1. The lowest BCUT2D eigenvalue weighted by Crippen LogP contribution is -2.42. The Morgan fingerprint density at radius 3 is 2.93 bits per heavy atom. The minimum atomic E-state index is -0.602. The van der Waals surface area contributed by atoms with Crippen molar-refractivity contribution in [2.24, 2.45) is 9.98 Å². The van der Waals surface area contributed by atoms with Crippen molar-refractivity contribution in [1.82, 2.24) is 26.4 Å². The Hall–Kier alpha value is -3.27. The molecule has 0 amide bonds. The van der Waals surface area contributed by atoms with Crippen LogP contribution < -0.4 is 16.1 Å². The van der Waals surface area contributed by atoms with E-state index in [9.17, 15) is 9.60 Å². The van der Waals surface area contributed by atoms with Gasteiger partial charge in [0.15, 0.2) is 17.7 Å². The average molecular weight is 425 g/mol. The fourth-order valence-electron chi connectivity index (χ4n) is 2.16. The summed E-state index contributed by atoms with van der Waals surface area (Å²) in [5.41, 5.74) is 2.43. The number of rotatable bonds is 7. The summed E-state index contributed by atoms with van der Waals surface area (Å²) < 4.78 is 23.0.